The molecule has 1 atom stereocenters. The van der Waals surface area contributed by atoms with Gasteiger partial charge >= 0.3 is 0 Å². The van der Waals surface area contributed by atoms with E-state index in [-0.39, 0.29) is 5.91 Å². The molecule has 0 aliphatic carbocycles. The van der Waals surface area contributed by atoms with Gasteiger partial charge in [-0.1, -0.05) is 36.8 Å². The number of nitrogen functional groups attached to an aromatic ring is 1. The van der Waals surface area contributed by atoms with Crippen molar-refractivity contribution in [1.29, 1.82) is 0 Å². The van der Waals surface area contributed by atoms with Crippen molar-refractivity contribution in [2.75, 3.05) is 17.2 Å². The number of nitrogens with zero attached hydrogens (tertiary/aromatic N) is 1. The number of carbonyl (C=O) groups excluding carboxylic acids is 1. The lowest BCUT2D eigenvalue weighted by atomic mass is 10.0. The third-order valence-electron chi connectivity index (χ3n) is 4.07. The summed E-state index contributed by atoms with van der Waals surface area (Å²) in [5.74, 6) is 0.731. The van der Waals surface area contributed by atoms with Crippen molar-refractivity contribution in [3.63, 3.8) is 0 Å². The fraction of sp³-hybridized carbons (Fsp3) is 0.316. The summed E-state index contributed by atoms with van der Waals surface area (Å²) in [5, 5.41) is 0. The molecule has 1 heterocycles. The Kier molecular flexibility index (Phi) is 4.24. The van der Waals surface area contributed by atoms with Gasteiger partial charge in [-0.2, -0.15) is 0 Å². The first-order valence-corrected chi connectivity index (χ1v) is 8.01. The predicted octanol–water partition coefficient (Wildman–Crippen LogP) is 3.32. The Morgan fingerprint density at radius 3 is 2.61 bits per heavy atom. The molecular formula is C19H22N2O2. The van der Waals surface area contributed by atoms with E-state index < -0.39 is 6.10 Å². The molecule has 1 amide bonds. The van der Waals surface area contributed by atoms with Crippen LogP contribution in [0.25, 0.3) is 0 Å². The van der Waals surface area contributed by atoms with Crippen LogP contribution in [0.3, 0.4) is 0 Å². The molecule has 1 unspecified atom stereocenters. The second kappa shape index (κ2) is 6.32. The summed E-state index contributed by atoms with van der Waals surface area (Å²) in [4.78, 5) is 14.6. The molecule has 0 saturated heterocycles. The van der Waals surface area contributed by atoms with Gasteiger partial charge < -0.3 is 15.4 Å². The van der Waals surface area contributed by atoms with Gasteiger partial charge in [0.2, 0.25) is 0 Å². The average Bonchev–Trinajstić information content (AvgIpc) is 2.54. The summed E-state index contributed by atoms with van der Waals surface area (Å²) in [7, 11) is 0. The molecular weight excluding hydrogens is 288 g/mol. The van der Waals surface area contributed by atoms with E-state index in [0.717, 1.165) is 23.4 Å². The van der Waals surface area contributed by atoms with Crippen LogP contribution in [0.5, 0.6) is 5.75 Å². The van der Waals surface area contributed by atoms with Crippen LogP contribution in [0.4, 0.5) is 11.4 Å². The minimum absolute atomic E-state index is 0.00512. The van der Waals surface area contributed by atoms with Crippen LogP contribution < -0.4 is 15.4 Å². The fourth-order valence-corrected chi connectivity index (χ4v) is 2.86. The molecule has 3 rings (SSSR count). The number of hydrogen-bond donors (Lipinski definition) is 1. The second-order valence-electron chi connectivity index (χ2n) is 6.01. The quantitative estimate of drug-likeness (QED) is 0.881. The standard InChI is InChI=1S/C19H22N2O2/c1-3-10-21-16-12-15(20)8-9-17(16)23-18(19(21)22)11-14-6-4-13(2)5-7-14/h4-9,12,18H,3,10-11,20H2,1-2H3. The highest BCUT2D eigenvalue weighted by Gasteiger charge is 2.34. The Morgan fingerprint density at radius 1 is 1.17 bits per heavy atom. The predicted molar refractivity (Wildman–Crippen MR) is 92.8 cm³/mol. The molecule has 0 saturated carbocycles. The van der Waals surface area contributed by atoms with Crippen LogP contribution in [0.15, 0.2) is 42.5 Å². The van der Waals surface area contributed by atoms with Crippen LogP contribution >= 0.6 is 0 Å². The zero-order chi connectivity index (χ0) is 16.4. The SMILES string of the molecule is CCCN1C(=O)C(Cc2ccc(C)cc2)Oc2ccc(N)cc21. The maximum absolute atomic E-state index is 12.8. The number of carbonyl (C=O) groups is 1. The van der Waals surface area contributed by atoms with Crippen molar-refractivity contribution in [1.82, 2.24) is 0 Å². The van der Waals surface area contributed by atoms with Crippen molar-refractivity contribution in [2.24, 2.45) is 0 Å². The summed E-state index contributed by atoms with van der Waals surface area (Å²) in [6.45, 7) is 4.78. The highest BCUT2D eigenvalue weighted by Crippen LogP contribution is 2.36. The zero-order valence-corrected chi connectivity index (χ0v) is 13.6. The van der Waals surface area contributed by atoms with Crippen molar-refractivity contribution in [3.05, 3.63) is 53.6 Å². The fourth-order valence-electron chi connectivity index (χ4n) is 2.86. The third kappa shape index (κ3) is 3.16. The molecule has 120 valence electrons. The summed E-state index contributed by atoms with van der Waals surface area (Å²) in [6.07, 6.45) is 0.973. The summed E-state index contributed by atoms with van der Waals surface area (Å²) < 4.78 is 5.96. The summed E-state index contributed by atoms with van der Waals surface area (Å²) >= 11 is 0. The van der Waals surface area contributed by atoms with Gasteiger partial charge in [-0.25, -0.2) is 0 Å². The van der Waals surface area contributed by atoms with Crippen molar-refractivity contribution < 1.29 is 9.53 Å². The largest absolute Gasteiger partial charge is 0.478 e. The van der Waals surface area contributed by atoms with Crippen LogP contribution in [-0.2, 0) is 11.2 Å². The molecule has 0 bridgehead atoms. The van der Waals surface area contributed by atoms with E-state index in [2.05, 4.69) is 38.1 Å². The number of anilines is 2. The third-order valence-corrected chi connectivity index (χ3v) is 4.07. The normalized spacial score (nSPS) is 16.9. The summed E-state index contributed by atoms with van der Waals surface area (Å²) in [6, 6.07) is 13.7. The maximum Gasteiger partial charge on any atom is 0.268 e. The molecule has 2 aromatic rings. The molecule has 1 aliphatic heterocycles. The number of hydrogen-bond acceptors (Lipinski definition) is 3. The summed E-state index contributed by atoms with van der Waals surface area (Å²) in [5.41, 5.74) is 9.58. The molecule has 1 aliphatic rings. The Balaban J connectivity index is 1.89. The average molecular weight is 310 g/mol. The van der Waals surface area contributed by atoms with Crippen LogP contribution in [0, 0.1) is 6.92 Å². The number of rotatable bonds is 4. The molecule has 2 aromatic carbocycles. The highest BCUT2D eigenvalue weighted by atomic mass is 16.5. The minimum atomic E-state index is -0.486. The first-order chi connectivity index (χ1) is 11.1. The Hall–Kier alpha value is -2.49. The van der Waals surface area contributed by atoms with E-state index in [1.54, 1.807) is 4.90 Å². The molecule has 0 fully saturated rings. The van der Waals surface area contributed by atoms with Gasteiger partial charge in [-0.05, 0) is 37.1 Å². The Bertz CT molecular complexity index is 710. The van der Waals surface area contributed by atoms with Gasteiger partial charge in [-0.15, -0.1) is 0 Å². The minimum Gasteiger partial charge on any atom is -0.478 e. The lowest BCUT2D eigenvalue weighted by Crippen LogP contribution is -2.47. The Labute approximate surface area is 136 Å². The van der Waals surface area contributed by atoms with E-state index in [1.807, 2.05) is 18.2 Å². The zero-order valence-electron chi connectivity index (χ0n) is 13.6. The van der Waals surface area contributed by atoms with Gasteiger partial charge in [0.25, 0.3) is 5.91 Å². The van der Waals surface area contributed by atoms with E-state index in [0.29, 0.717) is 18.7 Å². The highest BCUT2D eigenvalue weighted by molar-refractivity contribution is 6.00. The number of ether oxygens (including phenoxy) is 1. The van der Waals surface area contributed by atoms with Gasteiger partial charge in [0.15, 0.2) is 6.10 Å². The Morgan fingerprint density at radius 2 is 1.91 bits per heavy atom. The molecule has 23 heavy (non-hydrogen) atoms. The molecule has 4 nitrogen and oxygen atoms in total. The number of benzene rings is 2. The van der Waals surface area contributed by atoms with E-state index in [4.69, 9.17) is 10.5 Å². The maximum atomic E-state index is 12.8. The molecule has 0 spiro atoms. The molecule has 0 radical (unpaired) electrons. The second-order valence-corrected chi connectivity index (χ2v) is 6.01. The molecule has 4 heteroatoms. The first-order valence-electron chi connectivity index (χ1n) is 8.01. The van der Waals surface area contributed by atoms with Crippen molar-refractivity contribution in [3.8, 4) is 5.75 Å². The van der Waals surface area contributed by atoms with E-state index in [9.17, 15) is 4.79 Å². The van der Waals surface area contributed by atoms with Gasteiger partial charge in [-0.3, -0.25) is 4.79 Å². The van der Waals surface area contributed by atoms with E-state index >= 15 is 0 Å². The first kappa shape index (κ1) is 15.4. The van der Waals surface area contributed by atoms with E-state index in [1.165, 1.54) is 5.56 Å². The topological polar surface area (TPSA) is 55.6 Å². The smallest absolute Gasteiger partial charge is 0.268 e. The lowest BCUT2D eigenvalue weighted by molar-refractivity contribution is -0.126. The number of nitrogens with two attached hydrogens (primary N) is 1. The van der Waals surface area contributed by atoms with Crippen LogP contribution in [0.1, 0.15) is 24.5 Å². The number of fused-ring (bicyclic) bond motifs is 1. The van der Waals surface area contributed by atoms with Gasteiger partial charge in [0.05, 0.1) is 5.69 Å². The molecule has 0 aromatic heterocycles. The van der Waals surface area contributed by atoms with Gasteiger partial charge in [0.1, 0.15) is 5.75 Å². The number of aryl methyl sites for hydroxylation is 1. The van der Waals surface area contributed by atoms with Crippen LogP contribution in [-0.4, -0.2) is 18.6 Å². The van der Waals surface area contributed by atoms with Gasteiger partial charge in [0, 0.05) is 18.7 Å². The number of amides is 1. The molecule has 2 N–H and O–H groups in total. The van der Waals surface area contributed by atoms with Crippen molar-refractivity contribution >= 4 is 17.3 Å². The van der Waals surface area contributed by atoms with Crippen molar-refractivity contribution in [2.45, 2.75) is 32.8 Å². The van der Waals surface area contributed by atoms with Crippen LogP contribution in [0.2, 0.25) is 0 Å². The monoisotopic (exact) mass is 310 g/mol. The lowest BCUT2D eigenvalue weighted by Gasteiger charge is -2.34.